The Morgan fingerprint density at radius 2 is 1.76 bits per heavy atom. The third-order valence-corrected chi connectivity index (χ3v) is 6.26. The number of rotatable bonds is 12. The summed E-state index contributed by atoms with van der Waals surface area (Å²) in [4.78, 5) is 41.1. The van der Waals surface area contributed by atoms with Crippen LogP contribution in [-0.4, -0.2) is 80.1 Å². The van der Waals surface area contributed by atoms with Gasteiger partial charge in [0.1, 0.15) is 22.8 Å². The van der Waals surface area contributed by atoms with Gasteiger partial charge >= 0.3 is 0 Å². The Morgan fingerprint density at radius 3 is 2.41 bits per heavy atom. The molecule has 2 amide bonds. The molecule has 2 aromatic carbocycles. The first-order valence-electron chi connectivity index (χ1n) is 12.8. The molecule has 0 aliphatic carbocycles. The monoisotopic (exact) mass is 558 g/mol. The van der Waals surface area contributed by atoms with Gasteiger partial charge in [0, 0.05) is 43.5 Å². The van der Waals surface area contributed by atoms with E-state index >= 15 is 0 Å². The molecule has 12 heteroatoms. The van der Waals surface area contributed by atoms with Crippen molar-refractivity contribution < 1.29 is 19.1 Å². The first-order chi connectivity index (χ1) is 19.7. The van der Waals surface area contributed by atoms with E-state index in [0.29, 0.717) is 45.3 Å². The minimum Gasteiger partial charge on any atom is -0.497 e. The summed E-state index contributed by atoms with van der Waals surface area (Å²) in [7, 11) is 9.09. The fraction of sp³-hybridized carbons (Fsp3) is 0.241. The number of nitrogens with zero attached hydrogens (tertiary/aromatic N) is 4. The molecule has 214 valence electrons. The minimum atomic E-state index is -0.340. The van der Waals surface area contributed by atoms with E-state index in [1.165, 1.54) is 6.08 Å². The molecule has 12 nitrogen and oxygen atoms in total. The topological polar surface area (TPSA) is 137 Å². The number of aromatic amines is 1. The number of likely N-dealkylation sites (N-methyl/N-ethyl adjacent to an activating group) is 2. The van der Waals surface area contributed by atoms with Crippen LogP contribution >= 0.6 is 0 Å². The Labute approximate surface area is 238 Å². The zero-order valence-corrected chi connectivity index (χ0v) is 23.7. The summed E-state index contributed by atoms with van der Waals surface area (Å²) in [5.41, 5.74) is 3.32. The molecule has 0 aliphatic rings. The zero-order valence-electron chi connectivity index (χ0n) is 23.7. The number of hydrogen-bond acceptors (Lipinski definition) is 9. The SMILES string of the molecule is C=CC(=O)Nc1cc(Nc2ncc3cc(C(=O)Nc4ccc(OC)cc4)[nH]c3n2)c(OC)cc1N(C)CCN(C)C. The standard InChI is InChI=1S/C29H34N8O4/c1-7-26(38)32-21-15-22(25(41-6)16-24(21)37(4)13-12-36(2)3)34-29-30-17-18-14-23(33-27(18)35-29)28(39)31-19-8-10-20(40-5)11-9-19/h7-11,14-17H,1,12-13H2,2-6H3,(H,31,39)(H,32,38)(H2,30,33,34,35). The van der Waals surface area contributed by atoms with Crippen LogP contribution in [0.5, 0.6) is 11.5 Å². The van der Waals surface area contributed by atoms with Gasteiger partial charge in [0.2, 0.25) is 11.9 Å². The largest absolute Gasteiger partial charge is 0.497 e. The molecule has 0 saturated carbocycles. The van der Waals surface area contributed by atoms with Crippen LogP contribution in [0.25, 0.3) is 11.0 Å². The van der Waals surface area contributed by atoms with Gasteiger partial charge in [-0.15, -0.1) is 0 Å². The lowest BCUT2D eigenvalue weighted by Crippen LogP contribution is -2.29. The molecule has 0 bridgehead atoms. The van der Waals surface area contributed by atoms with Gasteiger partial charge in [-0.3, -0.25) is 9.59 Å². The molecule has 0 atom stereocenters. The molecule has 0 aliphatic heterocycles. The van der Waals surface area contributed by atoms with E-state index in [2.05, 4.69) is 42.4 Å². The van der Waals surface area contributed by atoms with Crippen LogP contribution in [0.3, 0.4) is 0 Å². The van der Waals surface area contributed by atoms with Crippen molar-refractivity contribution in [2.24, 2.45) is 0 Å². The first-order valence-corrected chi connectivity index (χ1v) is 12.8. The van der Waals surface area contributed by atoms with Crippen molar-refractivity contribution in [1.82, 2.24) is 19.9 Å². The molecule has 41 heavy (non-hydrogen) atoms. The highest BCUT2D eigenvalue weighted by Crippen LogP contribution is 2.38. The van der Waals surface area contributed by atoms with Crippen molar-refractivity contribution in [3.8, 4) is 11.5 Å². The molecule has 4 rings (SSSR count). The highest BCUT2D eigenvalue weighted by atomic mass is 16.5. The van der Waals surface area contributed by atoms with Crippen LogP contribution in [0.2, 0.25) is 0 Å². The van der Waals surface area contributed by atoms with Crippen LogP contribution in [-0.2, 0) is 4.79 Å². The van der Waals surface area contributed by atoms with Crippen LogP contribution in [0, 0.1) is 0 Å². The maximum atomic E-state index is 12.8. The Bertz CT molecular complexity index is 1550. The van der Waals surface area contributed by atoms with Gasteiger partial charge in [0.05, 0.1) is 31.3 Å². The first kappa shape index (κ1) is 28.9. The highest BCUT2D eigenvalue weighted by Gasteiger charge is 2.17. The number of carbonyl (C=O) groups is 2. The van der Waals surface area contributed by atoms with Crippen molar-refractivity contribution in [2.75, 3.05) is 69.3 Å². The van der Waals surface area contributed by atoms with Crippen molar-refractivity contribution in [3.63, 3.8) is 0 Å². The summed E-state index contributed by atoms with van der Waals surface area (Å²) in [5, 5.41) is 9.55. The van der Waals surface area contributed by atoms with Crippen molar-refractivity contribution in [1.29, 1.82) is 0 Å². The zero-order chi connectivity index (χ0) is 29.5. The number of benzene rings is 2. The molecule has 0 saturated heterocycles. The number of anilines is 5. The van der Waals surface area contributed by atoms with Crippen molar-refractivity contribution >= 4 is 51.5 Å². The molecular weight excluding hydrogens is 524 g/mol. The number of fused-ring (bicyclic) bond motifs is 1. The number of carbonyl (C=O) groups excluding carboxylic acids is 2. The van der Waals surface area contributed by atoms with E-state index in [0.717, 1.165) is 18.8 Å². The minimum absolute atomic E-state index is 0.273. The molecular formula is C29H34N8O4. The van der Waals surface area contributed by atoms with Gasteiger partial charge in [-0.1, -0.05) is 6.58 Å². The third kappa shape index (κ3) is 7.11. The predicted octanol–water partition coefficient (Wildman–Crippen LogP) is 4.09. The Balaban J connectivity index is 1.59. The van der Waals surface area contributed by atoms with E-state index < -0.39 is 0 Å². The molecule has 0 fully saturated rings. The highest BCUT2D eigenvalue weighted by molar-refractivity contribution is 6.05. The van der Waals surface area contributed by atoms with Gasteiger partial charge < -0.3 is 40.2 Å². The second-order valence-electron chi connectivity index (χ2n) is 9.48. The van der Waals surface area contributed by atoms with Gasteiger partial charge in [-0.05, 0) is 56.6 Å². The summed E-state index contributed by atoms with van der Waals surface area (Å²) in [5.74, 6) is 0.841. The van der Waals surface area contributed by atoms with E-state index in [9.17, 15) is 9.59 Å². The summed E-state index contributed by atoms with van der Waals surface area (Å²) in [6, 6.07) is 12.3. The number of H-pyrrole nitrogens is 1. The van der Waals surface area contributed by atoms with Crippen LogP contribution in [0.1, 0.15) is 10.5 Å². The Kier molecular flexibility index (Phi) is 9.05. The van der Waals surface area contributed by atoms with Gasteiger partial charge in [0.15, 0.2) is 0 Å². The molecule has 0 radical (unpaired) electrons. The number of hydrogen-bond donors (Lipinski definition) is 4. The van der Waals surface area contributed by atoms with Crippen LogP contribution in [0.4, 0.5) is 28.7 Å². The number of amides is 2. The number of nitrogens with one attached hydrogen (secondary N) is 4. The fourth-order valence-electron chi connectivity index (χ4n) is 4.00. The molecule has 2 aromatic heterocycles. The number of ether oxygens (including phenoxy) is 2. The molecule has 4 aromatic rings. The Morgan fingerprint density at radius 1 is 1.00 bits per heavy atom. The third-order valence-electron chi connectivity index (χ3n) is 6.26. The van der Waals surface area contributed by atoms with E-state index in [1.807, 2.05) is 32.1 Å². The molecule has 0 spiro atoms. The average molecular weight is 559 g/mol. The van der Waals surface area contributed by atoms with Crippen LogP contribution < -0.4 is 30.3 Å². The second kappa shape index (κ2) is 12.8. The summed E-state index contributed by atoms with van der Waals surface area (Å²) in [6.07, 6.45) is 2.83. The number of aromatic nitrogens is 3. The van der Waals surface area contributed by atoms with Crippen LogP contribution in [0.15, 0.2) is 61.3 Å². The molecule has 2 heterocycles. The number of methoxy groups -OCH3 is 2. The van der Waals surface area contributed by atoms with Crippen molar-refractivity contribution in [3.05, 3.63) is 67.0 Å². The molecule has 0 unspecified atom stereocenters. The smallest absolute Gasteiger partial charge is 0.272 e. The quantitative estimate of drug-likeness (QED) is 0.190. The lowest BCUT2D eigenvalue weighted by molar-refractivity contribution is -0.111. The summed E-state index contributed by atoms with van der Waals surface area (Å²) < 4.78 is 10.8. The fourth-order valence-corrected chi connectivity index (χ4v) is 4.00. The second-order valence-corrected chi connectivity index (χ2v) is 9.48. The van der Waals surface area contributed by atoms with E-state index in [4.69, 9.17) is 9.47 Å². The van der Waals surface area contributed by atoms with Crippen molar-refractivity contribution in [2.45, 2.75) is 0 Å². The van der Waals surface area contributed by atoms with E-state index in [-0.39, 0.29) is 17.8 Å². The summed E-state index contributed by atoms with van der Waals surface area (Å²) in [6.45, 7) is 5.10. The maximum Gasteiger partial charge on any atom is 0.272 e. The molecule has 4 N–H and O–H groups in total. The average Bonchev–Trinajstić information content (AvgIpc) is 3.40. The maximum absolute atomic E-state index is 12.8. The Hall–Kier alpha value is -5.10. The lowest BCUT2D eigenvalue weighted by atomic mass is 10.2. The lowest BCUT2D eigenvalue weighted by Gasteiger charge is -2.25. The normalized spacial score (nSPS) is 10.8. The van der Waals surface area contributed by atoms with Gasteiger partial charge in [-0.25, -0.2) is 4.98 Å². The predicted molar refractivity (Wildman–Crippen MR) is 162 cm³/mol. The van der Waals surface area contributed by atoms with Gasteiger partial charge in [0.25, 0.3) is 5.91 Å². The van der Waals surface area contributed by atoms with E-state index in [1.54, 1.807) is 56.8 Å². The summed E-state index contributed by atoms with van der Waals surface area (Å²) >= 11 is 0. The van der Waals surface area contributed by atoms with Gasteiger partial charge in [-0.2, -0.15) is 4.98 Å².